The minimum atomic E-state index is 0.0702. The van der Waals surface area contributed by atoms with Gasteiger partial charge in [-0.1, -0.05) is 54.1 Å². The van der Waals surface area contributed by atoms with Crippen LogP contribution < -0.4 is 4.90 Å². The van der Waals surface area contributed by atoms with Crippen LogP contribution in [0.25, 0.3) is 16.6 Å². The lowest BCUT2D eigenvalue weighted by atomic mass is 10.2. The molecule has 1 saturated heterocycles. The number of piperazine rings is 1. The molecule has 0 unspecified atom stereocenters. The summed E-state index contributed by atoms with van der Waals surface area (Å²) in [6.45, 7) is 2.94. The molecule has 0 spiro atoms. The number of anilines is 1. The number of fused-ring (bicyclic) bond motifs is 1. The predicted molar refractivity (Wildman–Crippen MR) is 123 cm³/mol. The number of aromatic nitrogens is 1. The first-order valence-corrected chi connectivity index (χ1v) is 10.5. The van der Waals surface area contributed by atoms with E-state index in [2.05, 4.69) is 27.7 Å². The molecule has 30 heavy (non-hydrogen) atoms. The lowest BCUT2D eigenvalue weighted by Gasteiger charge is -2.36. The van der Waals surface area contributed by atoms with Gasteiger partial charge < -0.3 is 14.4 Å². The minimum absolute atomic E-state index is 0.0702. The largest absolute Gasteiger partial charge is 0.368 e. The van der Waals surface area contributed by atoms with Crippen molar-refractivity contribution < 1.29 is 4.79 Å². The van der Waals surface area contributed by atoms with Gasteiger partial charge in [0.1, 0.15) is 5.69 Å². The fourth-order valence-corrected chi connectivity index (χ4v) is 4.35. The summed E-state index contributed by atoms with van der Waals surface area (Å²) in [5, 5.41) is 1.81. The standard InChI is InChI=1S/C25H22ClN3O/c26-20-8-6-11-22(18-20)27-13-15-28(16-14-27)25(30)24-17-19-7-4-5-12-23(19)29(24)21-9-2-1-3-10-21/h1-12,17-18H,13-16H2. The second kappa shape index (κ2) is 7.88. The van der Waals surface area contributed by atoms with Gasteiger partial charge in [0.2, 0.25) is 0 Å². The zero-order valence-corrected chi connectivity index (χ0v) is 17.3. The van der Waals surface area contributed by atoms with Gasteiger partial charge in [-0.25, -0.2) is 0 Å². The van der Waals surface area contributed by atoms with Gasteiger partial charge in [0.25, 0.3) is 5.91 Å². The van der Waals surface area contributed by atoms with E-state index in [9.17, 15) is 4.79 Å². The van der Waals surface area contributed by atoms with Crippen molar-refractivity contribution in [1.82, 2.24) is 9.47 Å². The summed E-state index contributed by atoms with van der Waals surface area (Å²) in [6, 6.07) is 28.1. The van der Waals surface area contributed by atoms with Gasteiger partial charge in [0.05, 0.1) is 5.52 Å². The molecule has 1 aliphatic heterocycles. The highest BCUT2D eigenvalue weighted by atomic mass is 35.5. The number of hydrogen-bond acceptors (Lipinski definition) is 2. The van der Waals surface area contributed by atoms with Gasteiger partial charge in [0.15, 0.2) is 0 Å². The monoisotopic (exact) mass is 415 g/mol. The van der Waals surface area contributed by atoms with E-state index in [4.69, 9.17) is 11.6 Å². The molecule has 0 radical (unpaired) electrons. The Morgan fingerprint density at radius 1 is 0.733 bits per heavy atom. The fourth-order valence-electron chi connectivity index (χ4n) is 4.17. The van der Waals surface area contributed by atoms with E-state index in [0.717, 1.165) is 40.4 Å². The van der Waals surface area contributed by atoms with Crippen molar-refractivity contribution in [1.29, 1.82) is 0 Å². The Balaban J connectivity index is 1.43. The van der Waals surface area contributed by atoms with Gasteiger partial charge >= 0.3 is 0 Å². The Morgan fingerprint density at radius 3 is 2.20 bits per heavy atom. The molecular formula is C25H22ClN3O. The number of hydrogen-bond donors (Lipinski definition) is 0. The topological polar surface area (TPSA) is 28.5 Å². The van der Waals surface area contributed by atoms with Crippen molar-refractivity contribution >= 4 is 34.1 Å². The molecule has 4 aromatic rings. The molecule has 0 bridgehead atoms. The third-order valence-electron chi connectivity index (χ3n) is 5.68. The van der Waals surface area contributed by atoms with E-state index in [-0.39, 0.29) is 5.91 Å². The molecule has 1 aliphatic rings. The van der Waals surface area contributed by atoms with Crippen molar-refractivity contribution in [2.75, 3.05) is 31.1 Å². The molecule has 5 heteroatoms. The molecule has 4 nitrogen and oxygen atoms in total. The first-order valence-electron chi connectivity index (χ1n) is 10.2. The van der Waals surface area contributed by atoms with Crippen LogP contribution in [0.2, 0.25) is 5.02 Å². The smallest absolute Gasteiger partial charge is 0.270 e. The molecule has 0 saturated carbocycles. The Labute approximate surface area is 180 Å². The fraction of sp³-hybridized carbons (Fsp3) is 0.160. The van der Waals surface area contributed by atoms with Crippen LogP contribution in [0.3, 0.4) is 0 Å². The summed E-state index contributed by atoms with van der Waals surface area (Å²) in [4.78, 5) is 17.8. The third-order valence-corrected chi connectivity index (χ3v) is 5.92. The highest BCUT2D eigenvalue weighted by Gasteiger charge is 2.26. The second-order valence-electron chi connectivity index (χ2n) is 7.52. The van der Waals surface area contributed by atoms with Gasteiger partial charge in [-0.3, -0.25) is 4.79 Å². The van der Waals surface area contributed by atoms with Crippen molar-refractivity contribution in [2.45, 2.75) is 0 Å². The van der Waals surface area contributed by atoms with Crippen molar-refractivity contribution in [3.8, 4) is 5.69 Å². The number of para-hydroxylation sites is 2. The quantitative estimate of drug-likeness (QED) is 0.457. The minimum Gasteiger partial charge on any atom is -0.368 e. The molecule has 0 N–H and O–H groups in total. The van der Waals surface area contributed by atoms with Crippen molar-refractivity contribution in [3.05, 3.63) is 95.6 Å². The molecule has 1 amide bonds. The summed E-state index contributed by atoms with van der Waals surface area (Å²) < 4.78 is 2.07. The van der Waals surface area contributed by atoms with Crippen molar-refractivity contribution in [3.63, 3.8) is 0 Å². The molecular weight excluding hydrogens is 394 g/mol. The summed E-state index contributed by atoms with van der Waals surface area (Å²) in [5.41, 5.74) is 3.86. The van der Waals surface area contributed by atoms with Gasteiger partial charge in [-0.2, -0.15) is 0 Å². The van der Waals surface area contributed by atoms with Crippen LogP contribution in [-0.4, -0.2) is 41.6 Å². The molecule has 0 aliphatic carbocycles. The third kappa shape index (κ3) is 3.44. The van der Waals surface area contributed by atoms with Gasteiger partial charge in [-0.15, -0.1) is 0 Å². The Kier molecular flexibility index (Phi) is 4.93. The summed E-state index contributed by atoms with van der Waals surface area (Å²) in [5.74, 6) is 0.0702. The van der Waals surface area contributed by atoms with Crippen LogP contribution >= 0.6 is 11.6 Å². The Morgan fingerprint density at radius 2 is 1.43 bits per heavy atom. The summed E-state index contributed by atoms with van der Waals surface area (Å²) >= 11 is 6.14. The molecule has 1 aromatic heterocycles. The molecule has 5 rings (SSSR count). The zero-order valence-electron chi connectivity index (χ0n) is 16.5. The summed E-state index contributed by atoms with van der Waals surface area (Å²) in [7, 11) is 0. The number of amides is 1. The highest BCUT2D eigenvalue weighted by Crippen LogP contribution is 2.26. The van der Waals surface area contributed by atoms with E-state index in [0.29, 0.717) is 18.8 Å². The SMILES string of the molecule is O=C(c1cc2ccccc2n1-c1ccccc1)N1CCN(c2cccc(Cl)c2)CC1. The molecule has 1 fully saturated rings. The molecule has 150 valence electrons. The second-order valence-corrected chi connectivity index (χ2v) is 7.95. The van der Waals surface area contributed by atoms with E-state index in [1.54, 1.807) is 0 Å². The van der Waals surface area contributed by atoms with E-state index in [1.165, 1.54) is 0 Å². The van der Waals surface area contributed by atoms with E-state index >= 15 is 0 Å². The number of carbonyl (C=O) groups excluding carboxylic acids is 1. The molecule has 0 atom stereocenters. The van der Waals surface area contributed by atoms with Crippen LogP contribution in [0.1, 0.15) is 10.5 Å². The number of halogens is 1. The summed E-state index contributed by atoms with van der Waals surface area (Å²) in [6.07, 6.45) is 0. The van der Waals surface area contributed by atoms with Crippen LogP contribution in [0.5, 0.6) is 0 Å². The molecule has 2 heterocycles. The highest BCUT2D eigenvalue weighted by molar-refractivity contribution is 6.30. The maximum atomic E-state index is 13.5. The Bertz CT molecular complexity index is 1190. The van der Waals surface area contributed by atoms with Crippen LogP contribution in [0.4, 0.5) is 5.69 Å². The van der Waals surface area contributed by atoms with Gasteiger partial charge in [0, 0.05) is 48.0 Å². The van der Waals surface area contributed by atoms with Gasteiger partial charge in [-0.05, 0) is 42.5 Å². The maximum Gasteiger partial charge on any atom is 0.270 e. The zero-order chi connectivity index (χ0) is 20.5. The van der Waals surface area contributed by atoms with E-state index < -0.39 is 0 Å². The average molecular weight is 416 g/mol. The maximum absolute atomic E-state index is 13.5. The number of carbonyl (C=O) groups is 1. The lowest BCUT2D eigenvalue weighted by Crippen LogP contribution is -2.49. The number of nitrogens with zero attached hydrogens (tertiary/aromatic N) is 3. The van der Waals surface area contributed by atoms with E-state index in [1.807, 2.05) is 71.6 Å². The number of rotatable bonds is 3. The molecule has 3 aromatic carbocycles. The van der Waals surface area contributed by atoms with Crippen molar-refractivity contribution in [2.24, 2.45) is 0 Å². The van der Waals surface area contributed by atoms with Crippen LogP contribution in [-0.2, 0) is 0 Å². The lowest BCUT2D eigenvalue weighted by molar-refractivity contribution is 0.0739. The first kappa shape index (κ1) is 18.8. The first-order chi connectivity index (χ1) is 14.7. The average Bonchev–Trinajstić information content (AvgIpc) is 3.19. The number of benzene rings is 3. The van der Waals surface area contributed by atoms with Crippen LogP contribution in [0.15, 0.2) is 84.9 Å². The normalized spacial score (nSPS) is 14.3. The Hall–Kier alpha value is -3.24. The van der Waals surface area contributed by atoms with Crippen LogP contribution in [0, 0.1) is 0 Å². The predicted octanol–water partition coefficient (Wildman–Crippen LogP) is 5.25.